The van der Waals surface area contributed by atoms with E-state index in [2.05, 4.69) is 11.4 Å². The van der Waals surface area contributed by atoms with Crippen LogP contribution in [0.5, 0.6) is 0 Å². The molecule has 2 aliphatic rings. The van der Waals surface area contributed by atoms with E-state index in [1.807, 2.05) is 4.72 Å². The van der Waals surface area contributed by atoms with Gasteiger partial charge in [0.25, 0.3) is 5.91 Å². The molecule has 2 aliphatic carbocycles. The summed E-state index contributed by atoms with van der Waals surface area (Å²) in [4.78, 5) is 12.8. The van der Waals surface area contributed by atoms with Gasteiger partial charge in [0.05, 0.1) is 34.6 Å². The molecule has 1 aromatic carbocycles. The Morgan fingerprint density at radius 3 is 2.62 bits per heavy atom. The van der Waals surface area contributed by atoms with Crippen LogP contribution in [-0.4, -0.2) is 26.6 Å². The van der Waals surface area contributed by atoms with Crippen molar-refractivity contribution in [2.45, 2.75) is 50.7 Å². The van der Waals surface area contributed by atoms with E-state index in [4.69, 9.17) is 0 Å². The lowest BCUT2D eigenvalue weighted by Gasteiger charge is -2.45. The van der Waals surface area contributed by atoms with Crippen molar-refractivity contribution in [3.8, 4) is 6.07 Å². The molecule has 2 N–H and O–H groups in total. The van der Waals surface area contributed by atoms with Crippen LogP contribution < -0.4 is 10.0 Å². The first-order chi connectivity index (χ1) is 13.4. The van der Waals surface area contributed by atoms with Crippen LogP contribution in [0.3, 0.4) is 0 Å². The Morgan fingerprint density at radius 1 is 1.28 bits per heavy atom. The van der Waals surface area contributed by atoms with Gasteiger partial charge in [0.1, 0.15) is 0 Å². The first-order valence-corrected chi connectivity index (χ1v) is 11.2. The van der Waals surface area contributed by atoms with Gasteiger partial charge in [-0.2, -0.15) is 18.4 Å². The minimum absolute atomic E-state index is 0.127. The molecule has 2 bridgehead atoms. The summed E-state index contributed by atoms with van der Waals surface area (Å²) in [7, 11) is -3.89. The topological polar surface area (TPSA) is 99.1 Å². The van der Waals surface area contributed by atoms with Crippen molar-refractivity contribution in [3.63, 3.8) is 0 Å². The third-order valence-electron chi connectivity index (χ3n) is 5.83. The van der Waals surface area contributed by atoms with Crippen molar-refractivity contribution in [2.75, 3.05) is 11.0 Å². The molecule has 29 heavy (non-hydrogen) atoms. The molecule has 0 spiro atoms. The van der Waals surface area contributed by atoms with Crippen molar-refractivity contribution in [1.29, 1.82) is 5.26 Å². The van der Waals surface area contributed by atoms with E-state index in [0.717, 1.165) is 37.7 Å². The number of halogens is 3. The Hall–Kier alpha value is -2.28. The quantitative estimate of drug-likeness (QED) is 0.763. The summed E-state index contributed by atoms with van der Waals surface area (Å²) in [5.41, 5.74) is -1.98. The number of alkyl halides is 3. The molecule has 1 aromatic rings. The number of nitrogens with zero attached hydrogens (tertiary/aromatic N) is 1. The zero-order valence-corrected chi connectivity index (χ0v) is 16.7. The number of hydrogen-bond donors (Lipinski definition) is 2. The molecule has 0 saturated heterocycles. The molecule has 10 heteroatoms. The van der Waals surface area contributed by atoms with Gasteiger partial charge >= 0.3 is 6.18 Å². The molecule has 3 rings (SSSR count). The van der Waals surface area contributed by atoms with Gasteiger partial charge in [0.2, 0.25) is 10.0 Å². The molecule has 3 atom stereocenters. The van der Waals surface area contributed by atoms with Crippen LogP contribution in [0.1, 0.15) is 54.4 Å². The number of hydrogen-bond acceptors (Lipinski definition) is 4. The number of benzene rings is 1. The Bertz CT molecular complexity index is 956. The highest BCUT2D eigenvalue weighted by molar-refractivity contribution is 7.92. The third kappa shape index (κ3) is 4.83. The van der Waals surface area contributed by atoms with Crippen LogP contribution >= 0.6 is 0 Å². The Kier molecular flexibility index (Phi) is 5.56. The normalized spacial score (nSPS) is 27.0. The van der Waals surface area contributed by atoms with Gasteiger partial charge in [-0.15, -0.1) is 0 Å². The van der Waals surface area contributed by atoms with Crippen LogP contribution in [0.15, 0.2) is 18.2 Å². The number of nitrogens with one attached hydrogen (secondary N) is 2. The number of carbonyl (C=O) groups is 1. The van der Waals surface area contributed by atoms with Crippen LogP contribution in [0, 0.1) is 22.7 Å². The highest BCUT2D eigenvalue weighted by atomic mass is 32.2. The minimum atomic E-state index is -4.67. The van der Waals surface area contributed by atoms with Gasteiger partial charge in [-0.1, -0.05) is 6.42 Å². The lowest BCUT2D eigenvalue weighted by Crippen LogP contribution is -2.48. The molecule has 3 unspecified atom stereocenters. The van der Waals surface area contributed by atoms with Gasteiger partial charge in [0, 0.05) is 6.04 Å². The van der Waals surface area contributed by atoms with Crippen molar-refractivity contribution in [2.24, 2.45) is 11.3 Å². The monoisotopic (exact) mass is 429 g/mol. The average Bonchev–Trinajstić information content (AvgIpc) is 2.62. The summed E-state index contributed by atoms with van der Waals surface area (Å²) in [6.45, 7) is 0. The van der Waals surface area contributed by atoms with Gasteiger partial charge in [-0.25, -0.2) is 8.42 Å². The van der Waals surface area contributed by atoms with E-state index in [-0.39, 0.29) is 22.9 Å². The van der Waals surface area contributed by atoms with Crippen LogP contribution in [0.25, 0.3) is 0 Å². The molecule has 2 saturated carbocycles. The first kappa shape index (κ1) is 21.4. The van der Waals surface area contributed by atoms with E-state index in [9.17, 15) is 31.6 Å². The van der Waals surface area contributed by atoms with Crippen molar-refractivity contribution < 1.29 is 26.4 Å². The predicted octanol–water partition coefficient (Wildman–Crippen LogP) is 3.67. The number of sulfonamides is 1. The van der Waals surface area contributed by atoms with Crippen LogP contribution in [0.4, 0.5) is 18.9 Å². The largest absolute Gasteiger partial charge is 0.416 e. The van der Waals surface area contributed by atoms with E-state index >= 15 is 0 Å². The van der Waals surface area contributed by atoms with Crippen molar-refractivity contribution in [1.82, 2.24) is 5.32 Å². The number of nitriles is 1. The Morgan fingerprint density at radius 2 is 2.00 bits per heavy atom. The van der Waals surface area contributed by atoms with E-state index in [1.165, 1.54) is 0 Å². The zero-order chi connectivity index (χ0) is 21.4. The Balaban J connectivity index is 1.84. The Labute approximate surface area is 167 Å². The molecule has 0 aromatic heterocycles. The van der Waals surface area contributed by atoms with E-state index < -0.39 is 33.4 Å². The highest BCUT2D eigenvalue weighted by Gasteiger charge is 2.44. The second-order valence-corrected chi connectivity index (χ2v) is 9.75. The fraction of sp³-hybridized carbons (Fsp3) is 0.579. The molecule has 2 fully saturated rings. The summed E-state index contributed by atoms with van der Waals surface area (Å²) in [6, 6.07) is 4.58. The molecule has 6 nitrogen and oxygen atoms in total. The molecule has 158 valence electrons. The molecule has 0 heterocycles. The summed E-state index contributed by atoms with van der Waals surface area (Å²) in [5.74, 6) is -0.508. The molecular weight excluding hydrogens is 407 g/mol. The number of rotatable bonds is 4. The van der Waals surface area contributed by atoms with Gasteiger partial charge < -0.3 is 5.32 Å². The maximum Gasteiger partial charge on any atom is 0.416 e. The van der Waals surface area contributed by atoms with Gasteiger partial charge in [-0.05, 0) is 56.2 Å². The molecule has 0 radical (unpaired) electrons. The summed E-state index contributed by atoms with van der Waals surface area (Å²) in [6.07, 6.45) is 0.708. The summed E-state index contributed by atoms with van der Waals surface area (Å²) < 4.78 is 64.2. The lowest BCUT2D eigenvalue weighted by molar-refractivity contribution is -0.137. The molecular formula is C19H22F3N3O3S. The fourth-order valence-electron chi connectivity index (χ4n) is 4.44. The van der Waals surface area contributed by atoms with E-state index in [1.54, 1.807) is 0 Å². The second kappa shape index (κ2) is 7.52. The molecule has 0 aliphatic heterocycles. The lowest BCUT2D eigenvalue weighted by atomic mass is 9.61. The second-order valence-electron chi connectivity index (χ2n) is 8.00. The van der Waals surface area contributed by atoms with Crippen LogP contribution in [-0.2, 0) is 16.2 Å². The van der Waals surface area contributed by atoms with Gasteiger partial charge in [-0.3, -0.25) is 9.52 Å². The fourth-order valence-corrected chi connectivity index (χ4v) is 5.01. The maximum atomic E-state index is 13.0. The summed E-state index contributed by atoms with van der Waals surface area (Å²) in [5, 5.41) is 12.3. The summed E-state index contributed by atoms with van der Waals surface area (Å²) >= 11 is 0. The third-order valence-corrected chi connectivity index (χ3v) is 6.42. The average molecular weight is 429 g/mol. The van der Waals surface area contributed by atoms with Gasteiger partial charge in [0.15, 0.2) is 0 Å². The number of fused-ring (bicyclic) bond motifs is 2. The smallest absolute Gasteiger partial charge is 0.349 e. The number of amides is 1. The zero-order valence-electron chi connectivity index (χ0n) is 15.8. The number of anilines is 1. The minimum Gasteiger partial charge on any atom is -0.349 e. The predicted molar refractivity (Wildman–Crippen MR) is 100 cm³/mol. The van der Waals surface area contributed by atoms with Crippen molar-refractivity contribution >= 4 is 21.6 Å². The van der Waals surface area contributed by atoms with E-state index in [0.29, 0.717) is 25.3 Å². The highest BCUT2D eigenvalue weighted by Crippen LogP contribution is 2.48. The van der Waals surface area contributed by atoms with Crippen molar-refractivity contribution in [3.05, 3.63) is 29.3 Å². The molecule has 1 amide bonds. The standard InChI is InChI=1S/C19H22F3N3O3S/c1-29(27,28)25-16-9-13(19(20,21)22)4-5-14(16)17(26)24-15-6-8-18(11-23)7-2-3-12(15)10-18/h4-5,9,12,15,25H,2-3,6-8,10H2,1H3,(H,24,26). The maximum absolute atomic E-state index is 13.0. The first-order valence-electron chi connectivity index (χ1n) is 9.34. The SMILES string of the molecule is CS(=O)(=O)Nc1cc(C(F)(F)F)ccc1C(=O)NC1CCC2(C#N)CCCC1C2. The van der Waals surface area contributed by atoms with Crippen LogP contribution in [0.2, 0.25) is 0 Å². The number of carbonyl (C=O) groups excluding carboxylic acids is 1.